The van der Waals surface area contributed by atoms with E-state index in [1.165, 1.54) is 5.57 Å². The minimum Gasteiger partial charge on any atom is -0.362 e. The van der Waals surface area contributed by atoms with Crippen molar-refractivity contribution in [3.8, 4) is 0 Å². The van der Waals surface area contributed by atoms with Crippen molar-refractivity contribution in [3.63, 3.8) is 0 Å². The number of rotatable bonds is 2. The second-order valence-corrected chi connectivity index (χ2v) is 2.22. The number of hydrogen-bond acceptors (Lipinski definition) is 0. The van der Waals surface area contributed by atoms with Crippen LogP contribution in [0.15, 0.2) is 36.6 Å². The minimum absolute atomic E-state index is 1.12. The summed E-state index contributed by atoms with van der Waals surface area (Å²) in [5, 5.41) is 0. The molecule has 0 fully saturated rings. The Morgan fingerprint density at radius 1 is 1.70 bits per heavy atom. The van der Waals surface area contributed by atoms with E-state index >= 15 is 0 Å². The Kier molecular flexibility index (Phi) is 2.11. The Labute approximate surface area is 61.1 Å². The van der Waals surface area contributed by atoms with Crippen LogP contribution in [0.1, 0.15) is 12.6 Å². The van der Waals surface area contributed by atoms with Gasteiger partial charge in [0.2, 0.25) is 0 Å². The fraction of sp³-hybridized carbons (Fsp3) is 0.111. The van der Waals surface area contributed by atoms with Crippen molar-refractivity contribution >= 4 is 6.08 Å². The predicted molar refractivity (Wildman–Crippen MR) is 44.6 cm³/mol. The Hall–Kier alpha value is -1.24. The first kappa shape index (κ1) is 6.87. The van der Waals surface area contributed by atoms with Crippen molar-refractivity contribution in [3.05, 3.63) is 42.3 Å². The highest BCUT2D eigenvalue weighted by Crippen LogP contribution is 2.03. The topological polar surface area (TPSA) is 15.8 Å². The van der Waals surface area contributed by atoms with Crippen molar-refractivity contribution < 1.29 is 0 Å². The molecule has 52 valence electrons. The Morgan fingerprint density at radius 2 is 2.50 bits per heavy atom. The number of aromatic amines is 1. The summed E-state index contributed by atoms with van der Waals surface area (Å²) < 4.78 is 0. The molecule has 0 radical (unpaired) electrons. The van der Waals surface area contributed by atoms with Gasteiger partial charge < -0.3 is 4.98 Å². The van der Waals surface area contributed by atoms with Crippen LogP contribution in [0.5, 0.6) is 0 Å². The molecule has 1 rings (SSSR count). The fourth-order valence-electron chi connectivity index (χ4n) is 0.738. The molecule has 0 aliphatic carbocycles. The van der Waals surface area contributed by atoms with E-state index in [2.05, 4.69) is 11.6 Å². The summed E-state index contributed by atoms with van der Waals surface area (Å²) in [4.78, 5) is 3.08. The quantitative estimate of drug-likeness (QED) is 0.597. The average molecular weight is 133 g/mol. The monoisotopic (exact) mass is 133 g/mol. The number of nitrogens with one attached hydrogen (secondary N) is 1. The first-order valence-corrected chi connectivity index (χ1v) is 3.27. The van der Waals surface area contributed by atoms with Crippen LogP contribution in [0.2, 0.25) is 0 Å². The molecular formula is C9H11N. The summed E-state index contributed by atoms with van der Waals surface area (Å²) in [7, 11) is 0. The standard InChI is InChI=1S/C9H11N/c1-3-8(2)7-9-5-4-6-10-9/h3-7,10H,1H2,2H3/b8-7+. The summed E-state index contributed by atoms with van der Waals surface area (Å²) in [6, 6.07) is 4.00. The smallest absolute Gasteiger partial charge is 0.0382 e. The first-order valence-electron chi connectivity index (χ1n) is 3.27. The van der Waals surface area contributed by atoms with E-state index in [0.29, 0.717) is 0 Å². The van der Waals surface area contributed by atoms with Gasteiger partial charge in [0.25, 0.3) is 0 Å². The minimum atomic E-state index is 1.12. The highest BCUT2D eigenvalue weighted by molar-refractivity contribution is 5.51. The molecule has 0 aliphatic rings. The molecule has 10 heavy (non-hydrogen) atoms. The molecule has 0 aliphatic heterocycles. The Bertz CT molecular complexity index is 229. The maximum absolute atomic E-state index is 3.66. The summed E-state index contributed by atoms with van der Waals surface area (Å²) in [5.74, 6) is 0. The molecule has 1 nitrogen and oxygen atoms in total. The number of H-pyrrole nitrogens is 1. The average Bonchev–Trinajstić information content (AvgIpc) is 2.40. The summed E-state index contributed by atoms with van der Waals surface area (Å²) in [6.45, 7) is 5.68. The van der Waals surface area contributed by atoms with Crippen LogP contribution < -0.4 is 0 Å². The largest absolute Gasteiger partial charge is 0.362 e. The van der Waals surface area contributed by atoms with Crippen LogP contribution in [-0.2, 0) is 0 Å². The molecular weight excluding hydrogens is 122 g/mol. The van der Waals surface area contributed by atoms with Gasteiger partial charge in [-0.15, -0.1) is 0 Å². The van der Waals surface area contributed by atoms with E-state index in [1.807, 2.05) is 37.4 Å². The van der Waals surface area contributed by atoms with E-state index in [9.17, 15) is 0 Å². The molecule has 0 saturated heterocycles. The van der Waals surface area contributed by atoms with Gasteiger partial charge in [-0.1, -0.05) is 12.7 Å². The maximum Gasteiger partial charge on any atom is 0.0382 e. The zero-order valence-electron chi connectivity index (χ0n) is 6.09. The third-order valence-electron chi connectivity index (χ3n) is 1.33. The fourth-order valence-corrected chi connectivity index (χ4v) is 0.738. The molecule has 1 aromatic heterocycles. The molecule has 1 heteroatoms. The Balaban J connectivity index is 2.80. The molecule has 0 atom stereocenters. The number of aromatic nitrogens is 1. The lowest BCUT2D eigenvalue weighted by Gasteiger charge is -1.87. The lowest BCUT2D eigenvalue weighted by atomic mass is 10.2. The van der Waals surface area contributed by atoms with Crippen molar-refractivity contribution in [1.29, 1.82) is 0 Å². The lowest BCUT2D eigenvalue weighted by Crippen LogP contribution is -1.70. The highest BCUT2D eigenvalue weighted by Gasteiger charge is 1.84. The normalized spacial score (nSPS) is 11.5. The van der Waals surface area contributed by atoms with Crippen LogP contribution in [0.4, 0.5) is 0 Å². The van der Waals surface area contributed by atoms with E-state index in [-0.39, 0.29) is 0 Å². The summed E-state index contributed by atoms with van der Waals surface area (Å²) in [5.41, 5.74) is 2.29. The zero-order valence-corrected chi connectivity index (χ0v) is 6.09. The third-order valence-corrected chi connectivity index (χ3v) is 1.33. The Morgan fingerprint density at radius 3 is 3.00 bits per heavy atom. The molecule has 0 aromatic carbocycles. The predicted octanol–water partition coefficient (Wildman–Crippen LogP) is 2.60. The van der Waals surface area contributed by atoms with E-state index in [0.717, 1.165) is 5.69 Å². The van der Waals surface area contributed by atoms with Gasteiger partial charge in [0.15, 0.2) is 0 Å². The van der Waals surface area contributed by atoms with Gasteiger partial charge in [0, 0.05) is 11.9 Å². The molecule has 1 aromatic rings. The summed E-state index contributed by atoms with van der Waals surface area (Å²) in [6.07, 6.45) is 5.79. The van der Waals surface area contributed by atoms with Gasteiger partial charge >= 0.3 is 0 Å². The molecule has 0 amide bonds. The van der Waals surface area contributed by atoms with Gasteiger partial charge in [-0.25, -0.2) is 0 Å². The van der Waals surface area contributed by atoms with Crippen LogP contribution in [-0.4, -0.2) is 4.98 Å². The lowest BCUT2D eigenvalue weighted by molar-refractivity contribution is 1.37. The van der Waals surface area contributed by atoms with E-state index in [1.54, 1.807) is 0 Å². The molecule has 1 heterocycles. The van der Waals surface area contributed by atoms with Gasteiger partial charge in [-0.2, -0.15) is 0 Å². The SMILES string of the molecule is C=C/C(C)=C/c1ccc[nH]1. The van der Waals surface area contributed by atoms with E-state index < -0.39 is 0 Å². The van der Waals surface area contributed by atoms with Gasteiger partial charge in [-0.05, 0) is 30.7 Å². The highest BCUT2D eigenvalue weighted by atomic mass is 14.7. The number of hydrogen-bond donors (Lipinski definition) is 1. The number of allylic oxidation sites excluding steroid dienone is 2. The van der Waals surface area contributed by atoms with Crippen LogP contribution in [0, 0.1) is 0 Å². The van der Waals surface area contributed by atoms with Gasteiger partial charge in [0.1, 0.15) is 0 Å². The molecule has 0 bridgehead atoms. The van der Waals surface area contributed by atoms with Crippen LogP contribution in [0.25, 0.3) is 6.08 Å². The van der Waals surface area contributed by atoms with Crippen molar-refractivity contribution in [2.45, 2.75) is 6.92 Å². The van der Waals surface area contributed by atoms with Crippen molar-refractivity contribution in [2.24, 2.45) is 0 Å². The van der Waals surface area contributed by atoms with Crippen molar-refractivity contribution in [1.82, 2.24) is 4.98 Å². The van der Waals surface area contributed by atoms with Crippen LogP contribution in [0.3, 0.4) is 0 Å². The molecule has 0 unspecified atom stereocenters. The first-order chi connectivity index (χ1) is 4.83. The second kappa shape index (κ2) is 3.06. The summed E-state index contributed by atoms with van der Waals surface area (Å²) >= 11 is 0. The van der Waals surface area contributed by atoms with Gasteiger partial charge in [-0.3, -0.25) is 0 Å². The molecule has 1 N–H and O–H groups in total. The van der Waals surface area contributed by atoms with Gasteiger partial charge in [0.05, 0.1) is 0 Å². The van der Waals surface area contributed by atoms with Crippen LogP contribution >= 0.6 is 0 Å². The zero-order chi connectivity index (χ0) is 7.40. The second-order valence-electron chi connectivity index (χ2n) is 2.22. The molecule has 0 spiro atoms. The van der Waals surface area contributed by atoms with Crippen molar-refractivity contribution in [2.75, 3.05) is 0 Å². The third kappa shape index (κ3) is 1.62. The van der Waals surface area contributed by atoms with E-state index in [4.69, 9.17) is 0 Å². The maximum atomic E-state index is 3.66. The molecule has 0 saturated carbocycles.